The first kappa shape index (κ1) is 22.3. The molecule has 0 unspecified atom stereocenters. The van der Waals surface area contributed by atoms with Crippen LogP contribution in [-0.4, -0.2) is 18.4 Å². The van der Waals surface area contributed by atoms with Crippen molar-refractivity contribution in [1.82, 2.24) is 0 Å². The second-order valence-corrected chi connectivity index (χ2v) is 8.89. The zero-order valence-electron chi connectivity index (χ0n) is 18.6. The molecule has 5 nitrogen and oxygen atoms in total. The number of anilines is 2. The predicted octanol–water partition coefficient (Wildman–Crippen LogP) is 5.69. The third-order valence-electron chi connectivity index (χ3n) is 6.64. The zero-order valence-corrected chi connectivity index (χ0v) is 18.6. The Morgan fingerprint density at radius 2 is 1.94 bits per heavy atom. The highest BCUT2D eigenvalue weighted by atomic mass is 19.1. The molecule has 1 heterocycles. The van der Waals surface area contributed by atoms with E-state index in [1.807, 2.05) is 0 Å². The first-order chi connectivity index (χ1) is 15.5. The van der Waals surface area contributed by atoms with Crippen molar-refractivity contribution in [3.05, 3.63) is 53.8 Å². The Labute approximate surface area is 188 Å². The summed E-state index contributed by atoms with van der Waals surface area (Å²) in [5, 5.41) is 3.02. The largest absolute Gasteiger partial charge is 0.481 e. The number of amides is 2. The average molecular weight is 439 g/mol. The van der Waals surface area contributed by atoms with Gasteiger partial charge in [0, 0.05) is 23.2 Å². The number of carbonyl (C=O) groups excluding carboxylic acids is 2. The number of carbonyl (C=O) groups is 2. The highest BCUT2D eigenvalue weighted by Gasteiger charge is 2.28. The van der Waals surface area contributed by atoms with E-state index in [2.05, 4.69) is 12.2 Å². The van der Waals surface area contributed by atoms with Crippen LogP contribution >= 0.6 is 0 Å². The lowest BCUT2D eigenvalue weighted by Gasteiger charge is -2.30. The van der Waals surface area contributed by atoms with Crippen LogP contribution in [0.4, 0.5) is 15.8 Å². The van der Waals surface area contributed by atoms with Crippen molar-refractivity contribution < 1.29 is 18.7 Å². The molecule has 1 N–H and O–H groups in total. The lowest BCUT2D eigenvalue weighted by molar-refractivity contribution is -0.122. The number of nitrogens with zero attached hydrogens (tertiary/aromatic N) is 1. The Morgan fingerprint density at radius 3 is 2.69 bits per heavy atom. The summed E-state index contributed by atoms with van der Waals surface area (Å²) in [4.78, 5) is 26.8. The molecule has 2 aromatic rings. The normalized spacial score (nSPS) is 20.4. The molecule has 1 aliphatic heterocycles. The molecule has 0 aromatic heterocycles. The molecule has 1 fully saturated rings. The summed E-state index contributed by atoms with van der Waals surface area (Å²) in [6, 6.07) is 11.7. The van der Waals surface area contributed by atoms with Crippen molar-refractivity contribution in [2.75, 3.05) is 16.8 Å². The van der Waals surface area contributed by atoms with E-state index in [9.17, 15) is 14.0 Å². The van der Waals surface area contributed by atoms with Crippen molar-refractivity contribution >= 4 is 23.2 Å². The fourth-order valence-corrected chi connectivity index (χ4v) is 4.70. The predicted molar refractivity (Wildman–Crippen MR) is 123 cm³/mol. The van der Waals surface area contributed by atoms with Gasteiger partial charge in [-0.05, 0) is 49.8 Å². The molecule has 6 heteroatoms. The van der Waals surface area contributed by atoms with Gasteiger partial charge in [-0.3, -0.25) is 9.59 Å². The van der Waals surface area contributed by atoms with Gasteiger partial charge in [-0.15, -0.1) is 0 Å². The summed E-state index contributed by atoms with van der Waals surface area (Å²) in [5.41, 5.74) is 1.68. The molecular weight excluding hydrogens is 407 g/mol. The van der Waals surface area contributed by atoms with Crippen LogP contribution in [0.15, 0.2) is 42.5 Å². The van der Waals surface area contributed by atoms with Crippen molar-refractivity contribution in [3.8, 4) is 5.75 Å². The summed E-state index contributed by atoms with van der Waals surface area (Å²) < 4.78 is 19.7. The number of rotatable bonds is 7. The van der Waals surface area contributed by atoms with Gasteiger partial charge in [0.2, 0.25) is 5.91 Å². The fourth-order valence-electron chi connectivity index (χ4n) is 4.70. The second kappa shape index (κ2) is 10.2. The first-order valence-corrected chi connectivity index (χ1v) is 11.7. The highest BCUT2D eigenvalue weighted by molar-refractivity contribution is 5.99. The van der Waals surface area contributed by atoms with Crippen molar-refractivity contribution in [2.24, 2.45) is 11.8 Å². The van der Waals surface area contributed by atoms with E-state index in [0.717, 1.165) is 31.6 Å². The maximum atomic E-state index is 14.1. The first-order valence-electron chi connectivity index (χ1n) is 11.7. The third kappa shape index (κ3) is 5.12. The Morgan fingerprint density at radius 1 is 1.16 bits per heavy atom. The number of unbranched alkanes of at least 4 members (excludes halogenated alkanes) is 1. The SMILES string of the molecule is CCCCC1CCC(C(=O)Nc2ccc3c(c2)OCC(=O)N3Cc2ccccc2F)CC1. The monoisotopic (exact) mass is 438 g/mol. The minimum absolute atomic E-state index is 0.0453. The molecule has 1 saturated carbocycles. The van der Waals surface area contributed by atoms with Crippen molar-refractivity contribution in [1.29, 1.82) is 0 Å². The van der Waals surface area contributed by atoms with Crippen LogP contribution in [-0.2, 0) is 16.1 Å². The number of benzene rings is 2. The number of fused-ring (bicyclic) bond motifs is 1. The summed E-state index contributed by atoms with van der Waals surface area (Å²) in [6.07, 6.45) is 7.89. The van der Waals surface area contributed by atoms with Crippen LogP contribution in [0.2, 0.25) is 0 Å². The van der Waals surface area contributed by atoms with Crippen LogP contribution in [0.5, 0.6) is 5.75 Å². The number of hydrogen-bond acceptors (Lipinski definition) is 3. The van der Waals surface area contributed by atoms with Gasteiger partial charge in [0.1, 0.15) is 11.6 Å². The van der Waals surface area contributed by atoms with Gasteiger partial charge >= 0.3 is 0 Å². The molecule has 4 rings (SSSR count). The van der Waals surface area contributed by atoms with Crippen molar-refractivity contribution in [2.45, 2.75) is 58.4 Å². The van der Waals surface area contributed by atoms with Crippen LogP contribution in [0.25, 0.3) is 0 Å². The van der Waals surface area contributed by atoms with Gasteiger partial charge in [-0.2, -0.15) is 0 Å². The Balaban J connectivity index is 1.41. The summed E-state index contributed by atoms with van der Waals surface area (Å²) >= 11 is 0. The Kier molecular flexibility index (Phi) is 7.08. The number of ether oxygens (including phenoxy) is 1. The van der Waals surface area contributed by atoms with Crippen LogP contribution < -0.4 is 15.0 Å². The molecule has 2 aliphatic rings. The maximum Gasteiger partial charge on any atom is 0.265 e. The topological polar surface area (TPSA) is 58.6 Å². The quantitative estimate of drug-likeness (QED) is 0.604. The van der Waals surface area contributed by atoms with E-state index < -0.39 is 0 Å². The molecule has 1 aliphatic carbocycles. The molecule has 0 atom stereocenters. The van der Waals surface area contributed by atoms with Crippen LogP contribution in [0.3, 0.4) is 0 Å². The minimum Gasteiger partial charge on any atom is -0.481 e. The Bertz CT molecular complexity index is 969. The standard InChI is InChI=1S/C26H31FN2O3/c1-2-3-6-18-9-11-19(12-10-18)26(31)28-21-13-14-23-24(15-21)32-17-25(30)29(23)16-20-7-4-5-8-22(20)27/h4-5,7-8,13-15,18-19H,2-3,6,9-12,16-17H2,1H3,(H,28,31). The lowest BCUT2D eigenvalue weighted by atomic mass is 9.79. The summed E-state index contributed by atoms with van der Waals surface area (Å²) in [5.74, 6) is 0.799. The van der Waals surface area contributed by atoms with E-state index in [1.165, 1.54) is 30.2 Å². The molecule has 2 amide bonds. The third-order valence-corrected chi connectivity index (χ3v) is 6.64. The van der Waals surface area contributed by atoms with Crippen LogP contribution in [0.1, 0.15) is 57.4 Å². The summed E-state index contributed by atoms with van der Waals surface area (Å²) in [7, 11) is 0. The maximum absolute atomic E-state index is 14.1. The van der Waals surface area contributed by atoms with E-state index in [1.54, 1.807) is 36.4 Å². The second-order valence-electron chi connectivity index (χ2n) is 8.89. The highest BCUT2D eigenvalue weighted by Crippen LogP contribution is 2.37. The fraction of sp³-hybridized carbons (Fsp3) is 0.462. The van der Waals surface area contributed by atoms with E-state index in [-0.39, 0.29) is 36.7 Å². The van der Waals surface area contributed by atoms with Gasteiger partial charge in [-0.1, -0.05) is 44.4 Å². The molecule has 170 valence electrons. The van der Waals surface area contributed by atoms with E-state index in [4.69, 9.17) is 4.74 Å². The lowest BCUT2D eigenvalue weighted by Crippen LogP contribution is -2.38. The Hall–Kier alpha value is -2.89. The molecule has 0 saturated heterocycles. The smallest absolute Gasteiger partial charge is 0.265 e. The molecular formula is C26H31FN2O3. The van der Waals surface area contributed by atoms with Gasteiger partial charge < -0.3 is 15.0 Å². The van der Waals surface area contributed by atoms with Gasteiger partial charge in [0.15, 0.2) is 6.61 Å². The van der Waals surface area contributed by atoms with Gasteiger partial charge in [-0.25, -0.2) is 4.39 Å². The number of halogens is 1. The summed E-state index contributed by atoms with van der Waals surface area (Å²) in [6.45, 7) is 2.24. The van der Waals surface area contributed by atoms with Crippen LogP contribution in [0, 0.1) is 17.7 Å². The molecule has 0 radical (unpaired) electrons. The minimum atomic E-state index is -0.346. The zero-order chi connectivity index (χ0) is 22.5. The van der Waals surface area contributed by atoms with Gasteiger partial charge in [0.05, 0.1) is 12.2 Å². The van der Waals surface area contributed by atoms with E-state index in [0.29, 0.717) is 22.7 Å². The number of nitrogens with one attached hydrogen (secondary N) is 1. The number of hydrogen-bond donors (Lipinski definition) is 1. The molecule has 2 aromatic carbocycles. The molecule has 0 spiro atoms. The van der Waals surface area contributed by atoms with E-state index >= 15 is 0 Å². The molecule has 32 heavy (non-hydrogen) atoms. The van der Waals surface area contributed by atoms with Gasteiger partial charge in [0.25, 0.3) is 5.91 Å². The molecule has 0 bridgehead atoms. The average Bonchev–Trinajstić information content (AvgIpc) is 2.81. The van der Waals surface area contributed by atoms with Crippen molar-refractivity contribution in [3.63, 3.8) is 0 Å².